The summed E-state index contributed by atoms with van der Waals surface area (Å²) in [5, 5.41) is 0. The van der Waals surface area contributed by atoms with Crippen molar-refractivity contribution in [3.63, 3.8) is 0 Å². The minimum Gasteiger partial charge on any atom is -0.870 e. The molecular weight excluding hydrogens is 309 g/mol. The molecule has 0 radical (unpaired) electrons. The van der Waals surface area contributed by atoms with Crippen LogP contribution < -0.4 is 0 Å². The van der Waals surface area contributed by atoms with Crippen molar-refractivity contribution in [3.8, 4) is 0 Å². The Morgan fingerprint density at radius 3 is 0.333 bits per heavy atom. The fraction of sp³-hybridized carbons (Fsp3) is 0. The third-order valence-corrected chi connectivity index (χ3v) is 0. The van der Waals surface area contributed by atoms with Crippen molar-refractivity contribution in [1.29, 1.82) is 0 Å². The van der Waals surface area contributed by atoms with Gasteiger partial charge in [0.1, 0.15) is 0 Å². The van der Waals surface area contributed by atoms with Gasteiger partial charge in [0.05, 0.1) is 0 Å². The van der Waals surface area contributed by atoms with Gasteiger partial charge in [0.15, 0.2) is 0 Å². The van der Waals surface area contributed by atoms with Crippen LogP contribution in [0, 0.1) is 0 Å². The molecule has 0 rings (SSSR count). The van der Waals surface area contributed by atoms with E-state index < -0.39 is 0 Å². The average molecular weight is 319 g/mol. The predicted molar refractivity (Wildman–Crippen MR) is 17.4 cm³/mol. The van der Waals surface area contributed by atoms with Gasteiger partial charge in [0.25, 0.3) is 0 Å². The summed E-state index contributed by atoms with van der Waals surface area (Å²) in [5.74, 6) is 0. The first-order chi connectivity index (χ1) is 0. The molecule has 12 heavy (non-hydrogen) atoms. The maximum absolute atomic E-state index is 0. The Labute approximate surface area is 101 Å². The molecule has 0 aromatic carbocycles. The molecule has 0 unspecified atom stereocenters. The van der Waals surface area contributed by atoms with Gasteiger partial charge in [-0.2, -0.15) is 0 Å². The van der Waals surface area contributed by atoms with Crippen LogP contribution in [0.4, 0.5) is 0 Å². The van der Waals surface area contributed by atoms with E-state index in [1.807, 2.05) is 0 Å². The molecule has 0 atom stereocenters. The first-order valence-corrected chi connectivity index (χ1v) is 0. The molecule has 0 aliphatic heterocycles. The Morgan fingerprint density at radius 2 is 0.333 bits per heavy atom. The summed E-state index contributed by atoms with van der Waals surface area (Å²) in [7, 11) is 0. The Kier molecular flexibility index (Phi) is 109000. The third-order valence-electron chi connectivity index (χ3n) is 0. The summed E-state index contributed by atoms with van der Waals surface area (Å²) in [5.41, 5.74) is 0. The monoisotopic (exact) mass is 318 g/mol. The van der Waals surface area contributed by atoms with Crippen molar-refractivity contribution in [2.75, 3.05) is 0 Å². The van der Waals surface area contributed by atoms with Gasteiger partial charge in [-0.1, -0.05) is 0 Å². The second kappa shape index (κ2) is 1010. The van der Waals surface area contributed by atoms with Gasteiger partial charge in [-0.15, -0.1) is 0 Å². The molecule has 0 saturated heterocycles. The van der Waals surface area contributed by atoms with Crippen molar-refractivity contribution in [1.82, 2.24) is 0 Å². The standard InChI is InChI=1S/Fe.Ni.9H2O.V/h;;9*1H2;/q2*+2;;;;;;;;;;+5/p-9. The zero-order valence-corrected chi connectivity index (χ0v) is 8.63. The third kappa shape index (κ3) is 769. The number of hydrogen-bond donors (Lipinski definition) is 0. The second-order valence-electron chi connectivity index (χ2n) is 0. The SMILES string of the molecule is [Fe+2].[Ni+2].[OH-].[OH-].[OH-].[OH-].[OH-].[OH-].[OH-].[OH-].[OH-].[V+5]. The minimum absolute atomic E-state index is 0. The van der Waals surface area contributed by atoms with E-state index >= 15 is 0 Å². The Hall–Kier alpha value is 1.24. The molecule has 12 heteroatoms. The van der Waals surface area contributed by atoms with Crippen LogP contribution in [0.3, 0.4) is 0 Å². The van der Waals surface area contributed by atoms with Crippen LogP contribution in [-0.4, -0.2) is 49.3 Å². The van der Waals surface area contributed by atoms with Gasteiger partial charge in [-0.25, -0.2) is 0 Å². The van der Waals surface area contributed by atoms with Gasteiger partial charge in [-0.05, 0) is 0 Å². The zero-order chi connectivity index (χ0) is 0. The van der Waals surface area contributed by atoms with E-state index in [1.54, 1.807) is 0 Å². The molecule has 0 fully saturated rings. The predicted octanol–water partition coefficient (Wildman–Crippen LogP) is -1.60. The molecule has 9 N–H and O–H groups in total. The van der Waals surface area contributed by atoms with Crippen LogP contribution in [0.15, 0.2) is 0 Å². The van der Waals surface area contributed by atoms with E-state index in [2.05, 4.69) is 0 Å². The zero-order valence-electron chi connectivity index (χ0n) is 5.14. The molecule has 86 valence electrons. The van der Waals surface area contributed by atoms with E-state index in [-0.39, 0.29) is 101 Å². The quantitative estimate of drug-likeness (QED) is 0.464. The smallest absolute Gasteiger partial charge is 0.870 e. The molecule has 0 spiro atoms. The molecule has 0 aromatic rings. The number of rotatable bonds is 0. The van der Waals surface area contributed by atoms with E-state index in [0.717, 1.165) is 0 Å². The molecular formula is H9FeNiO9V. The first-order valence-electron chi connectivity index (χ1n) is 0. The Balaban J connectivity index is 0. The molecule has 0 heterocycles. The summed E-state index contributed by atoms with van der Waals surface area (Å²) < 4.78 is 0. The largest absolute Gasteiger partial charge is 5.00 e. The van der Waals surface area contributed by atoms with Crippen LogP contribution >= 0.6 is 0 Å². The van der Waals surface area contributed by atoms with Gasteiger partial charge in [0, 0.05) is 0 Å². The molecule has 0 aromatic heterocycles. The molecule has 0 aliphatic carbocycles. The summed E-state index contributed by atoms with van der Waals surface area (Å²) in [6.07, 6.45) is 0. The summed E-state index contributed by atoms with van der Waals surface area (Å²) in [4.78, 5) is 0. The summed E-state index contributed by atoms with van der Waals surface area (Å²) in [6, 6.07) is 0. The summed E-state index contributed by atoms with van der Waals surface area (Å²) >= 11 is 0. The van der Waals surface area contributed by atoms with Crippen LogP contribution in [-0.2, 0) is 52.1 Å². The van der Waals surface area contributed by atoms with E-state index in [9.17, 15) is 0 Å². The maximum Gasteiger partial charge on any atom is 5.00 e. The van der Waals surface area contributed by atoms with Gasteiger partial charge in [-0.3, -0.25) is 0 Å². The molecule has 0 amide bonds. The summed E-state index contributed by atoms with van der Waals surface area (Å²) in [6.45, 7) is 0. The topological polar surface area (TPSA) is 270 Å². The van der Waals surface area contributed by atoms with Gasteiger partial charge in [0.2, 0.25) is 0 Å². The van der Waals surface area contributed by atoms with Crippen molar-refractivity contribution in [3.05, 3.63) is 0 Å². The number of hydrogen-bond acceptors (Lipinski definition) is 9. The maximum atomic E-state index is 0. The first kappa shape index (κ1) is 1290. The van der Waals surface area contributed by atoms with Crippen molar-refractivity contribution >= 4 is 0 Å². The Morgan fingerprint density at radius 1 is 0.333 bits per heavy atom. The van der Waals surface area contributed by atoms with Crippen LogP contribution in [0.1, 0.15) is 0 Å². The van der Waals surface area contributed by atoms with Crippen molar-refractivity contribution < 1.29 is 101 Å². The van der Waals surface area contributed by atoms with Crippen molar-refractivity contribution in [2.24, 2.45) is 0 Å². The Bertz CT molecular complexity index is 14.5. The minimum atomic E-state index is 0. The van der Waals surface area contributed by atoms with Gasteiger partial charge >= 0.3 is 52.1 Å². The van der Waals surface area contributed by atoms with E-state index in [0.29, 0.717) is 0 Å². The van der Waals surface area contributed by atoms with Crippen LogP contribution in [0.25, 0.3) is 0 Å². The van der Waals surface area contributed by atoms with Crippen LogP contribution in [0.5, 0.6) is 0 Å². The van der Waals surface area contributed by atoms with Gasteiger partial charge < -0.3 is 49.3 Å². The molecule has 0 bridgehead atoms. The molecule has 9 nitrogen and oxygen atoms in total. The normalized spacial score (nSPS) is 0. The fourth-order valence-corrected chi connectivity index (χ4v) is 0. The van der Waals surface area contributed by atoms with Crippen molar-refractivity contribution in [2.45, 2.75) is 0 Å². The van der Waals surface area contributed by atoms with Crippen LogP contribution in [0.2, 0.25) is 0 Å². The average Bonchev–Trinajstić information content (AvgIpc) is 0. The fourth-order valence-electron chi connectivity index (χ4n) is 0. The van der Waals surface area contributed by atoms with E-state index in [1.165, 1.54) is 0 Å². The molecule has 0 aliphatic rings. The van der Waals surface area contributed by atoms with E-state index in [4.69, 9.17) is 0 Å². The second-order valence-corrected chi connectivity index (χ2v) is 0. The molecule has 0 saturated carbocycles.